The van der Waals surface area contributed by atoms with Gasteiger partial charge in [-0.1, -0.05) is 57.4 Å². The van der Waals surface area contributed by atoms with Gasteiger partial charge in [0.05, 0.1) is 5.54 Å². The van der Waals surface area contributed by atoms with Crippen molar-refractivity contribution in [1.29, 1.82) is 0 Å². The van der Waals surface area contributed by atoms with Crippen LogP contribution in [0.1, 0.15) is 69.0 Å². The van der Waals surface area contributed by atoms with E-state index in [9.17, 15) is 4.79 Å². The predicted octanol–water partition coefficient (Wildman–Crippen LogP) is 2.59. The third-order valence-corrected chi connectivity index (χ3v) is 4.71. The molecule has 0 radical (unpaired) electrons. The largest absolute Gasteiger partial charge is 0.353 e. The Morgan fingerprint density at radius 1 is 1.14 bits per heavy atom. The highest BCUT2D eigenvalue weighted by Gasteiger charge is 2.35. The van der Waals surface area contributed by atoms with Gasteiger partial charge in [-0.25, -0.2) is 0 Å². The summed E-state index contributed by atoms with van der Waals surface area (Å²) in [5.41, 5.74) is 14.1. The van der Waals surface area contributed by atoms with E-state index in [0.29, 0.717) is 12.5 Å². The average molecular weight is 303 g/mol. The molecule has 1 aromatic carbocycles. The maximum atomic E-state index is 12.3. The van der Waals surface area contributed by atoms with E-state index >= 15 is 0 Å². The molecule has 0 aliphatic heterocycles. The van der Waals surface area contributed by atoms with Crippen molar-refractivity contribution in [3.63, 3.8) is 0 Å². The zero-order valence-corrected chi connectivity index (χ0v) is 13.8. The molecule has 5 N–H and O–H groups in total. The highest BCUT2D eigenvalue weighted by atomic mass is 16.2. The summed E-state index contributed by atoms with van der Waals surface area (Å²) in [5, 5.41) is 2.94. The van der Waals surface area contributed by atoms with Gasteiger partial charge in [-0.3, -0.25) is 4.79 Å². The molecule has 4 heteroatoms. The van der Waals surface area contributed by atoms with Gasteiger partial charge in [0, 0.05) is 12.6 Å². The molecule has 1 saturated carbocycles. The van der Waals surface area contributed by atoms with Crippen LogP contribution in [0.3, 0.4) is 0 Å². The molecule has 0 heterocycles. The van der Waals surface area contributed by atoms with E-state index in [1.165, 1.54) is 12.0 Å². The highest BCUT2D eigenvalue weighted by molar-refractivity contribution is 5.86. The van der Waals surface area contributed by atoms with Gasteiger partial charge in [-0.15, -0.1) is 0 Å². The number of hydrogen-bond donors (Lipinski definition) is 3. The van der Waals surface area contributed by atoms with Gasteiger partial charge >= 0.3 is 0 Å². The Morgan fingerprint density at radius 2 is 1.68 bits per heavy atom. The molecule has 0 spiro atoms. The second-order valence-electron chi connectivity index (χ2n) is 6.85. The Bertz CT molecular complexity index is 490. The summed E-state index contributed by atoms with van der Waals surface area (Å²) in [4.78, 5) is 12.3. The third kappa shape index (κ3) is 4.08. The van der Waals surface area contributed by atoms with E-state index in [1.807, 2.05) is 12.1 Å². The number of nitrogens with one attached hydrogen (secondary N) is 1. The Labute approximate surface area is 133 Å². The Morgan fingerprint density at radius 3 is 2.23 bits per heavy atom. The number of rotatable bonds is 5. The molecule has 1 aliphatic carbocycles. The summed E-state index contributed by atoms with van der Waals surface area (Å²) >= 11 is 0. The molecule has 2 rings (SSSR count). The van der Waals surface area contributed by atoms with E-state index in [1.54, 1.807) is 0 Å². The minimum absolute atomic E-state index is 0.0542. The minimum atomic E-state index is -0.695. The molecule has 1 fully saturated rings. The summed E-state index contributed by atoms with van der Waals surface area (Å²) in [6.07, 6.45) is 4.79. The zero-order valence-electron chi connectivity index (χ0n) is 13.8. The zero-order chi connectivity index (χ0) is 16.2. The maximum absolute atomic E-state index is 12.3. The lowest BCUT2D eigenvalue weighted by Crippen LogP contribution is -2.55. The smallest absolute Gasteiger partial charge is 0.240 e. The van der Waals surface area contributed by atoms with Gasteiger partial charge in [0.25, 0.3) is 0 Å². The summed E-state index contributed by atoms with van der Waals surface area (Å²) in [6.45, 7) is 4.76. The third-order valence-electron chi connectivity index (χ3n) is 4.71. The first-order chi connectivity index (χ1) is 10.4. The number of carbonyl (C=O) groups is 1. The van der Waals surface area contributed by atoms with Crippen LogP contribution in [0.4, 0.5) is 0 Å². The van der Waals surface area contributed by atoms with Crippen LogP contribution in [0.15, 0.2) is 24.3 Å². The van der Waals surface area contributed by atoms with Crippen LogP contribution in [-0.4, -0.2) is 18.0 Å². The molecular formula is C18H29N3O. The normalized spacial score (nSPS) is 19.0. The minimum Gasteiger partial charge on any atom is -0.353 e. The average Bonchev–Trinajstić information content (AvgIpc) is 2.53. The maximum Gasteiger partial charge on any atom is 0.240 e. The van der Waals surface area contributed by atoms with Crippen LogP contribution in [0.5, 0.6) is 0 Å². The standard InChI is InChI=1S/C18H29N3O/c1-13(2)14-6-8-15(9-7-14)16(19)12-21-17(22)18(20)10-4-3-5-11-18/h6-9,13,16H,3-5,10-12,19-20H2,1-2H3,(H,21,22). The van der Waals surface area contributed by atoms with E-state index in [4.69, 9.17) is 11.5 Å². The lowest BCUT2D eigenvalue weighted by atomic mass is 9.82. The summed E-state index contributed by atoms with van der Waals surface area (Å²) in [7, 11) is 0. The van der Waals surface area contributed by atoms with Gasteiger partial charge < -0.3 is 16.8 Å². The molecule has 0 saturated heterocycles. The van der Waals surface area contributed by atoms with Gasteiger partial charge in [0.2, 0.25) is 5.91 Å². The van der Waals surface area contributed by atoms with Crippen LogP contribution < -0.4 is 16.8 Å². The second-order valence-corrected chi connectivity index (χ2v) is 6.85. The van der Waals surface area contributed by atoms with Crippen LogP contribution in [0, 0.1) is 0 Å². The molecule has 0 bridgehead atoms. The van der Waals surface area contributed by atoms with Crippen LogP contribution in [-0.2, 0) is 4.79 Å². The van der Waals surface area contributed by atoms with Gasteiger partial charge in [0.15, 0.2) is 0 Å². The number of amides is 1. The van der Waals surface area contributed by atoms with Crippen molar-refractivity contribution in [2.45, 2.75) is 63.5 Å². The van der Waals surface area contributed by atoms with Crippen LogP contribution in [0.2, 0.25) is 0 Å². The lowest BCUT2D eigenvalue weighted by molar-refractivity contribution is -0.127. The van der Waals surface area contributed by atoms with E-state index < -0.39 is 5.54 Å². The quantitative estimate of drug-likeness (QED) is 0.782. The topological polar surface area (TPSA) is 81.1 Å². The Kier molecular flexibility index (Phi) is 5.59. The number of nitrogens with two attached hydrogens (primary N) is 2. The molecule has 1 unspecified atom stereocenters. The number of hydrogen-bond acceptors (Lipinski definition) is 3. The molecule has 0 aromatic heterocycles. The molecule has 1 aromatic rings. The Hall–Kier alpha value is -1.39. The second kappa shape index (κ2) is 7.25. The van der Waals surface area contributed by atoms with Gasteiger partial charge in [-0.2, -0.15) is 0 Å². The molecular weight excluding hydrogens is 274 g/mol. The number of carbonyl (C=O) groups excluding carboxylic acids is 1. The monoisotopic (exact) mass is 303 g/mol. The summed E-state index contributed by atoms with van der Waals surface area (Å²) in [6, 6.07) is 8.11. The molecule has 4 nitrogen and oxygen atoms in total. The van der Waals surface area contributed by atoms with Crippen molar-refractivity contribution in [3.05, 3.63) is 35.4 Å². The van der Waals surface area contributed by atoms with Crippen LogP contribution in [0.25, 0.3) is 0 Å². The fourth-order valence-corrected chi connectivity index (χ4v) is 3.03. The summed E-state index contributed by atoms with van der Waals surface area (Å²) in [5.74, 6) is 0.454. The molecule has 122 valence electrons. The first-order valence-electron chi connectivity index (χ1n) is 8.35. The van der Waals surface area contributed by atoms with Crippen molar-refractivity contribution < 1.29 is 4.79 Å². The van der Waals surface area contributed by atoms with Crippen molar-refractivity contribution >= 4 is 5.91 Å². The predicted molar refractivity (Wildman–Crippen MR) is 90.5 cm³/mol. The van der Waals surface area contributed by atoms with E-state index in [0.717, 1.165) is 31.2 Å². The van der Waals surface area contributed by atoms with Crippen molar-refractivity contribution in [2.75, 3.05) is 6.54 Å². The fourth-order valence-electron chi connectivity index (χ4n) is 3.03. The van der Waals surface area contributed by atoms with Crippen molar-refractivity contribution in [3.8, 4) is 0 Å². The van der Waals surface area contributed by atoms with Crippen molar-refractivity contribution in [2.24, 2.45) is 11.5 Å². The Balaban J connectivity index is 1.89. The molecule has 1 atom stereocenters. The first kappa shape index (κ1) is 17.0. The fraction of sp³-hybridized carbons (Fsp3) is 0.611. The molecule has 1 aliphatic rings. The van der Waals surface area contributed by atoms with Gasteiger partial charge in [-0.05, 0) is 29.9 Å². The van der Waals surface area contributed by atoms with Crippen molar-refractivity contribution in [1.82, 2.24) is 5.32 Å². The lowest BCUT2D eigenvalue weighted by Gasteiger charge is -2.32. The van der Waals surface area contributed by atoms with Gasteiger partial charge in [0.1, 0.15) is 0 Å². The van der Waals surface area contributed by atoms with E-state index in [-0.39, 0.29) is 11.9 Å². The number of benzene rings is 1. The molecule has 1 amide bonds. The summed E-state index contributed by atoms with van der Waals surface area (Å²) < 4.78 is 0. The molecule has 22 heavy (non-hydrogen) atoms. The van der Waals surface area contributed by atoms with Crippen LogP contribution >= 0.6 is 0 Å². The SMILES string of the molecule is CC(C)c1ccc(C(N)CNC(=O)C2(N)CCCCC2)cc1. The highest BCUT2D eigenvalue weighted by Crippen LogP contribution is 2.26. The first-order valence-corrected chi connectivity index (χ1v) is 8.35. The van der Waals surface area contributed by atoms with E-state index in [2.05, 4.69) is 31.3 Å².